The van der Waals surface area contributed by atoms with Gasteiger partial charge in [0.05, 0.1) is 11.0 Å². The minimum absolute atomic E-state index is 0.0461. The Labute approximate surface area is 133 Å². The number of hydrazone groups is 1. The molecule has 0 aliphatic carbocycles. The first-order valence-corrected chi connectivity index (χ1v) is 6.63. The van der Waals surface area contributed by atoms with Gasteiger partial charge >= 0.3 is 5.97 Å². The number of nitrogens with one attached hydrogen (secondary N) is 2. The van der Waals surface area contributed by atoms with Crippen LogP contribution in [0.2, 0.25) is 0 Å². The quantitative estimate of drug-likeness (QED) is 0.454. The van der Waals surface area contributed by atoms with E-state index in [9.17, 15) is 28.9 Å². The van der Waals surface area contributed by atoms with Crippen molar-refractivity contribution in [2.45, 2.75) is 12.8 Å². The van der Waals surface area contributed by atoms with Gasteiger partial charge in [-0.25, -0.2) is 14.6 Å². The first kappa shape index (κ1) is 17.0. The highest BCUT2D eigenvalue weighted by molar-refractivity contribution is 6.37. The molecule has 11 heteroatoms. The van der Waals surface area contributed by atoms with Gasteiger partial charge in [-0.3, -0.25) is 19.7 Å². The standard InChI is InChI=1S/C13H11FN4O6/c14-7-1-2-8(10(5-7)18(22)23)15-12(20)6-24-13(21)9-3-4-11(19)17-16-9/h1-2,5H,3-4,6H2,(H,15,20)(H,17,19). The molecule has 0 spiro atoms. The number of amides is 2. The molecule has 0 unspecified atom stereocenters. The van der Waals surface area contributed by atoms with Crippen LogP contribution in [0.25, 0.3) is 0 Å². The van der Waals surface area contributed by atoms with E-state index in [0.717, 1.165) is 12.1 Å². The number of benzene rings is 1. The number of ether oxygens (including phenoxy) is 1. The van der Waals surface area contributed by atoms with Gasteiger partial charge in [0, 0.05) is 12.8 Å². The number of esters is 1. The van der Waals surface area contributed by atoms with Gasteiger partial charge in [0.2, 0.25) is 5.91 Å². The fraction of sp³-hybridized carbons (Fsp3) is 0.231. The fourth-order valence-corrected chi connectivity index (χ4v) is 1.78. The van der Waals surface area contributed by atoms with E-state index in [1.54, 1.807) is 0 Å². The van der Waals surface area contributed by atoms with Crippen molar-refractivity contribution in [3.63, 3.8) is 0 Å². The van der Waals surface area contributed by atoms with Crippen LogP contribution in [-0.4, -0.2) is 35.0 Å². The van der Waals surface area contributed by atoms with E-state index >= 15 is 0 Å². The monoisotopic (exact) mass is 338 g/mol. The molecule has 126 valence electrons. The lowest BCUT2D eigenvalue weighted by Crippen LogP contribution is -2.32. The van der Waals surface area contributed by atoms with Crippen LogP contribution in [0.1, 0.15) is 12.8 Å². The summed E-state index contributed by atoms with van der Waals surface area (Å²) in [5.74, 6) is -2.91. The van der Waals surface area contributed by atoms with Gasteiger partial charge in [-0.2, -0.15) is 5.10 Å². The van der Waals surface area contributed by atoms with E-state index in [0.29, 0.717) is 6.07 Å². The first-order chi connectivity index (χ1) is 11.4. The number of nitro groups is 1. The lowest BCUT2D eigenvalue weighted by molar-refractivity contribution is -0.384. The second-order valence-electron chi connectivity index (χ2n) is 4.64. The summed E-state index contributed by atoms with van der Waals surface area (Å²) in [7, 11) is 0. The Morgan fingerprint density at radius 1 is 1.42 bits per heavy atom. The molecule has 0 radical (unpaired) electrons. The third kappa shape index (κ3) is 4.32. The van der Waals surface area contributed by atoms with Crippen molar-refractivity contribution in [3.8, 4) is 0 Å². The molecule has 1 aromatic rings. The molecule has 0 saturated carbocycles. The molecule has 0 bridgehead atoms. The SMILES string of the molecule is O=C1CCC(C(=O)OCC(=O)Nc2ccc(F)cc2[N+](=O)[O-])=NN1. The van der Waals surface area contributed by atoms with E-state index < -0.39 is 34.9 Å². The predicted octanol–water partition coefficient (Wildman–Crippen LogP) is 0.482. The van der Waals surface area contributed by atoms with Gasteiger partial charge in [0.1, 0.15) is 17.2 Å². The van der Waals surface area contributed by atoms with Crippen molar-refractivity contribution in [1.29, 1.82) is 0 Å². The molecule has 10 nitrogen and oxygen atoms in total. The van der Waals surface area contributed by atoms with Crippen molar-refractivity contribution in [1.82, 2.24) is 5.43 Å². The molecule has 1 heterocycles. The van der Waals surface area contributed by atoms with Gasteiger partial charge in [0.25, 0.3) is 11.6 Å². The van der Waals surface area contributed by atoms with Crippen molar-refractivity contribution >= 4 is 34.9 Å². The topological polar surface area (TPSA) is 140 Å². The highest BCUT2D eigenvalue weighted by Crippen LogP contribution is 2.24. The van der Waals surface area contributed by atoms with Crippen LogP contribution in [0, 0.1) is 15.9 Å². The van der Waals surface area contributed by atoms with Gasteiger partial charge < -0.3 is 10.1 Å². The zero-order chi connectivity index (χ0) is 17.7. The number of anilines is 1. The van der Waals surface area contributed by atoms with Gasteiger partial charge in [-0.15, -0.1) is 0 Å². The summed E-state index contributed by atoms with van der Waals surface area (Å²) in [5.41, 5.74) is 1.19. The van der Waals surface area contributed by atoms with Gasteiger partial charge in [-0.1, -0.05) is 0 Å². The van der Waals surface area contributed by atoms with Crippen LogP contribution < -0.4 is 10.7 Å². The minimum atomic E-state index is -0.890. The minimum Gasteiger partial charge on any atom is -0.451 e. The van der Waals surface area contributed by atoms with Crippen LogP contribution in [0.4, 0.5) is 15.8 Å². The molecular weight excluding hydrogens is 327 g/mol. The van der Waals surface area contributed by atoms with Crippen molar-refractivity contribution in [2.24, 2.45) is 5.10 Å². The summed E-state index contributed by atoms with van der Waals surface area (Å²) in [4.78, 5) is 44.2. The second kappa shape index (κ2) is 7.26. The largest absolute Gasteiger partial charge is 0.451 e. The van der Waals surface area contributed by atoms with Crippen LogP contribution in [-0.2, 0) is 19.1 Å². The summed E-state index contributed by atoms with van der Waals surface area (Å²) >= 11 is 0. The van der Waals surface area contributed by atoms with Crippen LogP contribution >= 0.6 is 0 Å². The zero-order valence-corrected chi connectivity index (χ0v) is 12.1. The summed E-state index contributed by atoms with van der Waals surface area (Å²) in [6.07, 6.45) is 0.150. The van der Waals surface area contributed by atoms with Crippen LogP contribution in [0.15, 0.2) is 23.3 Å². The molecule has 0 atom stereocenters. The zero-order valence-electron chi connectivity index (χ0n) is 12.1. The Balaban J connectivity index is 1.93. The number of nitro benzene ring substituents is 1. The second-order valence-corrected chi connectivity index (χ2v) is 4.64. The molecule has 1 aliphatic heterocycles. The maximum atomic E-state index is 13.0. The lowest BCUT2D eigenvalue weighted by Gasteiger charge is -2.11. The number of halogens is 1. The Kier molecular flexibility index (Phi) is 5.14. The maximum absolute atomic E-state index is 13.0. The van der Waals surface area contributed by atoms with E-state index in [-0.39, 0.29) is 30.1 Å². The third-order valence-electron chi connectivity index (χ3n) is 2.90. The third-order valence-corrected chi connectivity index (χ3v) is 2.90. The van der Waals surface area contributed by atoms with E-state index in [4.69, 9.17) is 4.74 Å². The molecular formula is C13H11FN4O6. The van der Waals surface area contributed by atoms with E-state index in [2.05, 4.69) is 15.8 Å². The Bertz CT molecular complexity index is 748. The smallest absolute Gasteiger partial charge is 0.355 e. The van der Waals surface area contributed by atoms with Gasteiger partial charge in [0.15, 0.2) is 6.61 Å². The average molecular weight is 338 g/mol. The Hall–Kier alpha value is -3.37. The number of nitrogens with zero attached hydrogens (tertiary/aromatic N) is 2. The highest BCUT2D eigenvalue weighted by atomic mass is 19.1. The molecule has 2 amide bonds. The molecule has 1 aromatic carbocycles. The maximum Gasteiger partial charge on any atom is 0.355 e. The normalized spacial score (nSPS) is 13.5. The number of hydrogen-bond donors (Lipinski definition) is 2. The number of hydrogen-bond acceptors (Lipinski definition) is 7. The first-order valence-electron chi connectivity index (χ1n) is 6.63. The van der Waals surface area contributed by atoms with E-state index in [1.165, 1.54) is 0 Å². The predicted molar refractivity (Wildman–Crippen MR) is 77.5 cm³/mol. The van der Waals surface area contributed by atoms with E-state index in [1.807, 2.05) is 0 Å². The summed E-state index contributed by atoms with van der Waals surface area (Å²) < 4.78 is 17.7. The molecule has 0 saturated heterocycles. The number of carbonyl (C=O) groups is 3. The van der Waals surface area contributed by atoms with Crippen molar-refractivity contribution < 1.29 is 28.4 Å². The molecule has 0 fully saturated rings. The molecule has 0 aromatic heterocycles. The molecule has 2 rings (SSSR count). The Morgan fingerprint density at radius 2 is 2.17 bits per heavy atom. The highest BCUT2D eigenvalue weighted by Gasteiger charge is 2.21. The van der Waals surface area contributed by atoms with Gasteiger partial charge in [-0.05, 0) is 12.1 Å². The number of rotatable bonds is 5. The van der Waals surface area contributed by atoms with Crippen LogP contribution in [0.5, 0.6) is 0 Å². The molecule has 1 aliphatic rings. The lowest BCUT2D eigenvalue weighted by atomic mass is 10.2. The fourth-order valence-electron chi connectivity index (χ4n) is 1.78. The van der Waals surface area contributed by atoms with Crippen molar-refractivity contribution in [3.05, 3.63) is 34.1 Å². The number of carbonyl (C=O) groups excluding carboxylic acids is 3. The molecule has 24 heavy (non-hydrogen) atoms. The summed E-state index contributed by atoms with van der Waals surface area (Å²) in [6, 6.07) is 2.61. The molecule has 2 N–H and O–H groups in total. The average Bonchev–Trinajstić information content (AvgIpc) is 2.54. The Morgan fingerprint density at radius 3 is 2.79 bits per heavy atom. The summed E-state index contributed by atoms with van der Waals surface area (Å²) in [5, 5.41) is 16.5. The van der Waals surface area contributed by atoms with Crippen molar-refractivity contribution in [2.75, 3.05) is 11.9 Å². The summed E-state index contributed by atoms with van der Waals surface area (Å²) in [6.45, 7) is -0.722. The van der Waals surface area contributed by atoms with Crippen LogP contribution in [0.3, 0.4) is 0 Å².